The standard InChI is InChI=1S/C11H23N3O/c1-2-8-13-11(12)14-9-6-4-3-5-7-10(9)15/h9-10,15H,2-8H2,1H3,(H3,12,13,14). The van der Waals surface area contributed by atoms with Gasteiger partial charge < -0.3 is 16.2 Å². The van der Waals surface area contributed by atoms with Gasteiger partial charge in [0.15, 0.2) is 5.96 Å². The van der Waals surface area contributed by atoms with Crippen LogP contribution in [0.15, 0.2) is 4.99 Å². The average molecular weight is 213 g/mol. The Morgan fingerprint density at radius 2 is 2.13 bits per heavy atom. The van der Waals surface area contributed by atoms with Gasteiger partial charge in [0.25, 0.3) is 0 Å². The lowest BCUT2D eigenvalue weighted by Gasteiger charge is -2.22. The van der Waals surface area contributed by atoms with Crippen LogP contribution in [0.5, 0.6) is 0 Å². The Labute approximate surface area is 92.0 Å². The maximum atomic E-state index is 9.85. The number of nitrogens with one attached hydrogen (secondary N) is 1. The van der Waals surface area contributed by atoms with Gasteiger partial charge in [0.2, 0.25) is 0 Å². The normalized spacial score (nSPS) is 28.5. The summed E-state index contributed by atoms with van der Waals surface area (Å²) < 4.78 is 0. The molecule has 0 aromatic heterocycles. The predicted octanol–water partition coefficient (Wildman–Crippen LogP) is 0.994. The summed E-state index contributed by atoms with van der Waals surface area (Å²) in [4.78, 5) is 4.17. The van der Waals surface area contributed by atoms with Gasteiger partial charge in [-0.3, -0.25) is 4.99 Å². The molecule has 0 radical (unpaired) electrons. The number of hydrogen-bond donors (Lipinski definition) is 3. The number of nitrogens with two attached hydrogens (primary N) is 1. The molecule has 0 saturated heterocycles. The van der Waals surface area contributed by atoms with E-state index in [0.717, 1.165) is 38.6 Å². The van der Waals surface area contributed by atoms with E-state index in [9.17, 15) is 5.11 Å². The number of aliphatic hydroxyl groups is 1. The number of guanidine groups is 1. The Balaban J connectivity index is 2.40. The fourth-order valence-electron chi connectivity index (χ4n) is 1.92. The van der Waals surface area contributed by atoms with Crippen LogP contribution in [0.25, 0.3) is 0 Å². The highest BCUT2D eigenvalue weighted by Crippen LogP contribution is 2.17. The van der Waals surface area contributed by atoms with Crippen molar-refractivity contribution in [3.63, 3.8) is 0 Å². The third-order valence-corrected chi connectivity index (χ3v) is 2.82. The summed E-state index contributed by atoms with van der Waals surface area (Å²) in [7, 11) is 0. The van der Waals surface area contributed by atoms with E-state index < -0.39 is 0 Å². The molecule has 4 heteroatoms. The van der Waals surface area contributed by atoms with Gasteiger partial charge in [0.1, 0.15) is 0 Å². The molecule has 88 valence electrons. The second kappa shape index (κ2) is 6.67. The summed E-state index contributed by atoms with van der Waals surface area (Å²) in [5.74, 6) is 0.475. The lowest BCUT2D eigenvalue weighted by Crippen LogP contribution is -2.46. The molecule has 0 bridgehead atoms. The van der Waals surface area contributed by atoms with Crippen LogP contribution in [0.1, 0.15) is 45.4 Å². The van der Waals surface area contributed by atoms with Crippen molar-refractivity contribution in [2.45, 2.75) is 57.6 Å². The summed E-state index contributed by atoms with van der Waals surface area (Å²) in [5.41, 5.74) is 5.73. The van der Waals surface area contributed by atoms with Gasteiger partial charge in [0, 0.05) is 6.54 Å². The van der Waals surface area contributed by atoms with Crippen molar-refractivity contribution in [2.75, 3.05) is 6.54 Å². The molecule has 0 aromatic rings. The monoisotopic (exact) mass is 213 g/mol. The van der Waals surface area contributed by atoms with Gasteiger partial charge in [-0.2, -0.15) is 0 Å². The van der Waals surface area contributed by atoms with E-state index in [1.807, 2.05) is 0 Å². The molecule has 0 spiro atoms. The molecule has 1 aliphatic carbocycles. The molecule has 1 rings (SSSR count). The largest absolute Gasteiger partial charge is 0.391 e. The maximum absolute atomic E-state index is 9.85. The highest BCUT2D eigenvalue weighted by Gasteiger charge is 2.21. The van der Waals surface area contributed by atoms with Crippen LogP contribution in [0.3, 0.4) is 0 Å². The van der Waals surface area contributed by atoms with Gasteiger partial charge in [0.05, 0.1) is 12.1 Å². The Kier molecular flexibility index (Phi) is 5.47. The molecule has 0 aromatic carbocycles. The van der Waals surface area contributed by atoms with E-state index in [0.29, 0.717) is 5.96 Å². The summed E-state index contributed by atoms with van der Waals surface area (Å²) >= 11 is 0. The summed E-state index contributed by atoms with van der Waals surface area (Å²) in [6.45, 7) is 2.82. The minimum Gasteiger partial charge on any atom is -0.391 e. The topological polar surface area (TPSA) is 70.6 Å². The molecule has 1 aliphatic rings. The first-order chi connectivity index (χ1) is 7.24. The Morgan fingerprint density at radius 3 is 2.87 bits per heavy atom. The smallest absolute Gasteiger partial charge is 0.188 e. The third-order valence-electron chi connectivity index (χ3n) is 2.82. The SMILES string of the molecule is CCCN=C(N)NC1CCCCCC1O. The van der Waals surface area contributed by atoms with E-state index in [4.69, 9.17) is 5.73 Å². The van der Waals surface area contributed by atoms with Crippen LogP contribution in [-0.4, -0.2) is 29.8 Å². The second-order valence-corrected chi connectivity index (χ2v) is 4.22. The zero-order valence-electron chi connectivity index (χ0n) is 9.58. The summed E-state index contributed by atoms with van der Waals surface area (Å²) in [6.07, 6.45) is 6.07. The Morgan fingerprint density at radius 1 is 1.40 bits per heavy atom. The van der Waals surface area contributed by atoms with Crippen molar-refractivity contribution in [2.24, 2.45) is 10.7 Å². The molecule has 15 heavy (non-hydrogen) atoms. The van der Waals surface area contributed by atoms with Gasteiger partial charge in [-0.25, -0.2) is 0 Å². The van der Waals surface area contributed by atoms with Crippen molar-refractivity contribution in [3.05, 3.63) is 0 Å². The van der Waals surface area contributed by atoms with Gasteiger partial charge >= 0.3 is 0 Å². The summed E-state index contributed by atoms with van der Waals surface area (Å²) in [5, 5.41) is 13.0. The number of aliphatic imine (C=N–C) groups is 1. The summed E-state index contributed by atoms with van der Waals surface area (Å²) in [6, 6.07) is 0.0908. The molecule has 1 fully saturated rings. The average Bonchev–Trinajstić information content (AvgIpc) is 2.42. The van der Waals surface area contributed by atoms with Crippen molar-refractivity contribution in [1.82, 2.24) is 5.32 Å². The molecular formula is C11H23N3O. The highest BCUT2D eigenvalue weighted by molar-refractivity contribution is 5.78. The third kappa shape index (κ3) is 4.51. The van der Waals surface area contributed by atoms with Gasteiger partial charge in [-0.1, -0.05) is 26.2 Å². The van der Waals surface area contributed by atoms with E-state index in [2.05, 4.69) is 17.2 Å². The first-order valence-corrected chi connectivity index (χ1v) is 5.98. The minimum atomic E-state index is -0.275. The quantitative estimate of drug-likeness (QED) is 0.372. The fraction of sp³-hybridized carbons (Fsp3) is 0.909. The van der Waals surface area contributed by atoms with Crippen molar-refractivity contribution in [3.8, 4) is 0 Å². The molecule has 4 nitrogen and oxygen atoms in total. The van der Waals surface area contributed by atoms with E-state index in [1.54, 1.807) is 0 Å². The number of hydrogen-bond acceptors (Lipinski definition) is 2. The van der Waals surface area contributed by atoms with Crippen molar-refractivity contribution in [1.29, 1.82) is 0 Å². The molecule has 2 unspecified atom stereocenters. The zero-order valence-corrected chi connectivity index (χ0v) is 9.58. The second-order valence-electron chi connectivity index (χ2n) is 4.22. The van der Waals surface area contributed by atoms with Crippen LogP contribution in [-0.2, 0) is 0 Å². The molecule has 0 heterocycles. The van der Waals surface area contributed by atoms with E-state index in [-0.39, 0.29) is 12.1 Å². The van der Waals surface area contributed by atoms with Crippen molar-refractivity contribution < 1.29 is 5.11 Å². The lowest BCUT2D eigenvalue weighted by atomic mass is 10.1. The van der Waals surface area contributed by atoms with Crippen LogP contribution < -0.4 is 11.1 Å². The number of nitrogens with zero attached hydrogens (tertiary/aromatic N) is 1. The first-order valence-electron chi connectivity index (χ1n) is 5.98. The van der Waals surface area contributed by atoms with E-state index in [1.165, 1.54) is 6.42 Å². The van der Waals surface area contributed by atoms with Crippen LogP contribution in [0.2, 0.25) is 0 Å². The molecule has 2 atom stereocenters. The maximum Gasteiger partial charge on any atom is 0.188 e. The van der Waals surface area contributed by atoms with Crippen LogP contribution >= 0.6 is 0 Å². The van der Waals surface area contributed by atoms with Gasteiger partial charge in [-0.15, -0.1) is 0 Å². The molecule has 0 aliphatic heterocycles. The van der Waals surface area contributed by atoms with Crippen LogP contribution in [0, 0.1) is 0 Å². The number of rotatable bonds is 3. The predicted molar refractivity (Wildman–Crippen MR) is 62.8 cm³/mol. The van der Waals surface area contributed by atoms with Crippen molar-refractivity contribution >= 4 is 5.96 Å². The first kappa shape index (κ1) is 12.3. The minimum absolute atomic E-state index is 0.0908. The molecule has 0 amide bonds. The van der Waals surface area contributed by atoms with Crippen LogP contribution in [0.4, 0.5) is 0 Å². The Bertz CT molecular complexity index is 206. The van der Waals surface area contributed by atoms with E-state index >= 15 is 0 Å². The lowest BCUT2D eigenvalue weighted by molar-refractivity contribution is 0.129. The van der Waals surface area contributed by atoms with Gasteiger partial charge in [-0.05, 0) is 19.3 Å². The highest BCUT2D eigenvalue weighted by atomic mass is 16.3. The number of aliphatic hydroxyl groups excluding tert-OH is 1. The Hall–Kier alpha value is -0.770. The fourth-order valence-corrected chi connectivity index (χ4v) is 1.92. The molecule has 4 N–H and O–H groups in total. The molecular weight excluding hydrogens is 190 g/mol. The zero-order chi connectivity index (χ0) is 11.1. The molecule has 1 saturated carbocycles.